The molecule has 1 N–H and O–H groups in total. The van der Waals surface area contributed by atoms with Gasteiger partial charge in [0.15, 0.2) is 0 Å². The molecule has 144 valence electrons. The van der Waals surface area contributed by atoms with Crippen LogP contribution in [-0.4, -0.2) is 10.5 Å². The van der Waals surface area contributed by atoms with Crippen LogP contribution in [0, 0.1) is 12.8 Å². The number of aryl methyl sites for hydroxylation is 1. The highest BCUT2D eigenvalue weighted by molar-refractivity contribution is 6.31. The first-order chi connectivity index (χ1) is 13.5. The summed E-state index contributed by atoms with van der Waals surface area (Å²) in [6.07, 6.45) is 3.51. The summed E-state index contributed by atoms with van der Waals surface area (Å²) in [6, 6.07) is 17.7. The summed E-state index contributed by atoms with van der Waals surface area (Å²) in [6.45, 7) is 4.90. The molecule has 4 heteroatoms. The molecule has 0 saturated carbocycles. The summed E-state index contributed by atoms with van der Waals surface area (Å²) >= 11 is 6.16. The molecule has 0 saturated heterocycles. The number of amides is 1. The lowest BCUT2D eigenvalue weighted by Crippen LogP contribution is -2.23. The van der Waals surface area contributed by atoms with Crippen LogP contribution in [0.5, 0.6) is 0 Å². The zero-order chi connectivity index (χ0) is 19.7. The van der Waals surface area contributed by atoms with Gasteiger partial charge in [-0.15, -0.1) is 0 Å². The quantitative estimate of drug-likeness (QED) is 0.625. The average Bonchev–Trinajstić information content (AvgIpc) is 3.02. The molecule has 3 nitrogen and oxygen atoms in total. The summed E-state index contributed by atoms with van der Waals surface area (Å²) in [4.78, 5) is 12.5. The fraction of sp³-hybridized carbons (Fsp3) is 0.292. The van der Waals surface area contributed by atoms with Crippen molar-refractivity contribution in [1.29, 1.82) is 0 Å². The van der Waals surface area contributed by atoms with E-state index < -0.39 is 0 Å². The molecule has 1 amide bonds. The van der Waals surface area contributed by atoms with Crippen LogP contribution in [0.3, 0.4) is 0 Å². The summed E-state index contributed by atoms with van der Waals surface area (Å²) < 4.78 is 2.34. The van der Waals surface area contributed by atoms with Gasteiger partial charge in [0, 0.05) is 34.2 Å². The van der Waals surface area contributed by atoms with Gasteiger partial charge in [-0.3, -0.25) is 4.79 Å². The van der Waals surface area contributed by atoms with E-state index in [2.05, 4.69) is 29.8 Å². The van der Waals surface area contributed by atoms with Gasteiger partial charge in [-0.05, 0) is 79.6 Å². The highest BCUT2D eigenvalue weighted by atomic mass is 35.5. The Morgan fingerprint density at radius 1 is 1.18 bits per heavy atom. The lowest BCUT2D eigenvalue weighted by Gasteiger charge is -2.21. The standard InChI is InChI=1S/C24H25ClN2O/c1-16-7-12-23-20(13-16)14-17(2)27(23)21-10-8-18(9-11-21)24(28)26-15-19-5-3-4-6-22(19)25/h3-6,8-11,14,16H,7,12-13,15H2,1-2H3,(H,26,28)/t16-/m1/s1. The molecule has 0 unspecified atom stereocenters. The van der Waals surface area contributed by atoms with E-state index in [0.29, 0.717) is 17.1 Å². The Kier molecular flexibility index (Phi) is 5.27. The summed E-state index contributed by atoms with van der Waals surface area (Å²) in [7, 11) is 0. The molecule has 4 rings (SSSR count). The van der Waals surface area contributed by atoms with Crippen LogP contribution in [0.1, 0.15) is 46.2 Å². The van der Waals surface area contributed by atoms with Crippen molar-refractivity contribution in [3.8, 4) is 5.69 Å². The first-order valence-electron chi connectivity index (χ1n) is 9.85. The number of carbonyl (C=O) groups is 1. The SMILES string of the molecule is Cc1cc2c(n1-c1ccc(C(=O)NCc3ccccc3Cl)cc1)CC[C@@H](C)C2. The molecular formula is C24H25ClN2O. The van der Waals surface area contributed by atoms with E-state index >= 15 is 0 Å². The van der Waals surface area contributed by atoms with Gasteiger partial charge in [-0.25, -0.2) is 0 Å². The minimum atomic E-state index is -0.0912. The molecule has 28 heavy (non-hydrogen) atoms. The lowest BCUT2D eigenvalue weighted by molar-refractivity contribution is 0.0951. The van der Waals surface area contributed by atoms with Gasteiger partial charge in [0.25, 0.3) is 5.91 Å². The van der Waals surface area contributed by atoms with Crippen LogP contribution in [0.4, 0.5) is 0 Å². The van der Waals surface area contributed by atoms with Crippen LogP contribution in [0.15, 0.2) is 54.6 Å². The molecule has 0 spiro atoms. The van der Waals surface area contributed by atoms with Gasteiger partial charge in [0.1, 0.15) is 0 Å². The van der Waals surface area contributed by atoms with Gasteiger partial charge in [0.05, 0.1) is 0 Å². The lowest BCUT2D eigenvalue weighted by atomic mass is 9.89. The van der Waals surface area contributed by atoms with Crippen molar-refractivity contribution in [2.45, 2.75) is 39.7 Å². The maximum Gasteiger partial charge on any atom is 0.251 e. The first-order valence-corrected chi connectivity index (χ1v) is 10.2. The van der Waals surface area contributed by atoms with Crippen molar-refractivity contribution < 1.29 is 4.79 Å². The number of carbonyl (C=O) groups excluding carboxylic acids is 1. The number of hydrogen-bond acceptors (Lipinski definition) is 1. The van der Waals surface area contributed by atoms with Crippen molar-refractivity contribution >= 4 is 17.5 Å². The van der Waals surface area contributed by atoms with Crippen molar-refractivity contribution in [2.75, 3.05) is 0 Å². The molecule has 1 aromatic heterocycles. The van der Waals surface area contributed by atoms with E-state index in [1.807, 2.05) is 48.5 Å². The van der Waals surface area contributed by atoms with E-state index in [9.17, 15) is 4.79 Å². The Bertz CT molecular complexity index is 1000. The van der Waals surface area contributed by atoms with E-state index in [-0.39, 0.29) is 5.91 Å². The zero-order valence-corrected chi connectivity index (χ0v) is 17.1. The van der Waals surface area contributed by atoms with Crippen LogP contribution in [0.2, 0.25) is 5.02 Å². The van der Waals surface area contributed by atoms with Crippen molar-refractivity contribution in [3.63, 3.8) is 0 Å². The van der Waals surface area contributed by atoms with E-state index in [1.165, 1.54) is 23.4 Å². The van der Waals surface area contributed by atoms with Crippen molar-refractivity contribution in [3.05, 3.63) is 87.7 Å². The van der Waals surface area contributed by atoms with Crippen LogP contribution < -0.4 is 5.32 Å². The number of rotatable bonds is 4. The molecule has 1 aliphatic rings. The minimum absolute atomic E-state index is 0.0912. The van der Waals surface area contributed by atoms with Gasteiger partial charge in [0.2, 0.25) is 0 Å². The molecule has 2 aromatic carbocycles. The Balaban J connectivity index is 1.50. The largest absolute Gasteiger partial charge is 0.348 e. The zero-order valence-electron chi connectivity index (χ0n) is 16.3. The summed E-state index contributed by atoms with van der Waals surface area (Å²) in [5.41, 5.74) is 6.84. The minimum Gasteiger partial charge on any atom is -0.348 e. The molecule has 1 aliphatic carbocycles. The monoisotopic (exact) mass is 392 g/mol. The highest BCUT2D eigenvalue weighted by Crippen LogP contribution is 2.30. The second kappa shape index (κ2) is 7.84. The second-order valence-electron chi connectivity index (χ2n) is 7.76. The number of benzene rings is 2. The van der Waals surface area contributed by atoms with E-state index in [1.54, 1.807) is 0 Å². The highest BCUT2D eigenvalue weighted by Gasteiger charge is 2.21. The molecule has 3 aromatic rings. The number of hydrogen-bond donors (Lipinski definition) is 1. The number of halogens is 1. The van der Waals surface area contributed by atoms with Gasteiger partial charge >= 0.3 is 0 Å². The Labute approximate surface area is 171 Å². The predicted molar refractivity (Wildman–Crippen MR) is 114 cm³/mol. The molecule has 0 bridgehead atoms. The number of aromatic nitrogens is 1. The third-order valence-corrected chi connectivity index (χ3v) is 5.97. The Morgan fingerprint density at radius 2 is 1.93 bits per heavy atom. The summed E-state index contributed by atoms with van der Waals surface area (Å²) in [5.74, 6) is 0.665. The first kappa shape index (κ1) is 18.8. The fourth-order valence-electron chi connectivity index (χ4n) is 4.11. The van der Waals surface area contributed by atoms with Crippen molar-refractivity contribution in [1.82, 2.24) is 9.88 Å². The van der Waals surface area contributed by atoms with Gasteiger partial charge in [-0.1, -0.05) is 36.7 Å². The van der Waals surface area contributed by atoms with Crippen molar-refractivity contribution in [2.24, 2.45) is 5.92 Å². The third-order valence-electron chi connectivity index (χ3n) is 5.60. The van der Waals surface area contributed by atoms with E-state index in [4.69, 9.17) is 11.6 Å². The molecular weight excluding hydrogens is 368 g/mol. The number of nitrogens with one attached hydrogen (secondary N) is 1. The van der Waals surface area contributed by atoms with E-state index in [0.717, 1.165) is 30.0 Å². The second-order valence-corrected chi connectivity index (χ2v) is 8.17. The number of fused-ring (bicyclic) bond motifs is 1. The normalized spacial score (nSPS) is 15.9. The van der Waals surface area contributed by atoms with Crippen LogP contribution in [-0.2, 0) is 19.4 Å². The maximum absolute atomic E-state index is 12.5. The fourth-order valence-corrected chi connectivity index (χ4v) is 4.31. The Morgan fingerprint density at radius 3 is 2.68 bits per heavy atom. The Hall–Kier alpha value is -2.52. The molecule has 1 heterocycles. The molecule has 0 radical (unpaired) electrons. The van der Waals surface area contributed by atoms with Gasteiger partial charge in [-0.2, -0.15) is 0 Å². The predicted octanol–water partition coefficient (Wildman–Crippen LogP) is 5.49. The third kappa shape index (κ3) is 3.72. The molecule has 1 atom stereocenters. The van der Waals surface area contributed by atoms with Crippen LogP contribution in [0.25, 0.3) is 5.69 Å². The summed E-state index contributed by atoms with van der Waals surface area (Å²) in [5, 5.41) is 3.61. The molecule has 0 aliphatic heterocycles. The maximum atomic E-state index is 12.5. The molecule has 0 fully saturated rings. The average molecular weight is 393 g/mol. The number of nitrogens with zero attached hydrogens (tertiary/aromatic N) is 1. The van der Waals surface area contributed by atoms with Crippen LogP contribution >= 0.6 is 11.6 Å². The van der Waals surface area contributed by atoms with Gasteiger partial charge < -0.3 is 9.88 Å². The smallest absolute Gasteiger partial charge is 0.251 e. The topological polar surface area (TPSA) is 34.0 Å².